The average molecular weight is 385 g/mol. The van der Waals surface area contributed by atoms with E-state index in [9.17, 15) is 18.4 Å². The van der Waals surface area contributed by atoms with Crippen molar-refractivity contribution in [2.75, 3.05) is 5.32 Å². The van der Waals surface area contributed by atoms with E-state index >= 15 is 0 Å². The van der Waals surface area contributed by atoms with Gasteiger partial charge in [0.05, 0.1) is 0 Å². The molecule has 1 aromatic carbocycles. The number of rotatable bonds is 7. The first kappa shape index (κ1) is 19.9. The molecule has 2 N–H and O–H groups in total. The highest BCUT2D eigenvalue weighted by molar-refractivity contribution is 7.99. The first-order valence-corrected chi connectivity index (χ1v) is 8.45. The lowest BCUT2D eigenvalue weighted by Crippen LogP contribution is -2.30. The minimum atomic E-state index is -2.52. The number of aryl methyl sites for hydroxylation is 1. The molecule has 1 unspecified atom stereocenters. The van der Waals surface area contributed by atoms with Gasteiger partial charge in [0.15, 0.2) is 6.10 Å². The van der Waals surface area contributed by atoms with Gasteiger partial charge in [-0.15, -0.1) is 0 Å². The molecule has 140 valence electrons. The van der Waals surface area contributed by atoms with Crippen LogP contribution in [0, 0.1) is 6.92 Å². The second-order valence-corrected chi connectivity index (χ2v) is 6.34. The van der Waals surface area contributed by atoms with Gasteiger partial charge in [-0.05, 0) is 44.2 Å². The zero-order valence-corrected chi connectivity index (χ0v) is 14.8. The van der Waals surface area contributed by atoms with Crippen molar-refractivity contribution in [2.45, 2.75) is 37.2 Å². The van der Waals surface area contributed by atoms with Crippen LogP contribution in [0.25, 0.3) is 0 Å². The zero-order chi connectivity index (χ0) is 19.3. The second kappa shape index (κ2) is 8.81. The third kappa shape index (κ3) is 5.30. The van der Waals surface area contributed by atoms with Gasteiger partial charge in [-0.3, -0.25) is 4.79 Å². The van der Waals surface area contributed by atoms with Crippen LogP contribution in [0.4, 0.5) is 14.5 Å². The molecule has 9 heteroatoms. The van der Waals surface area contributed by atoms with E-state index in [-0.39, 0.29) is 23.7 Å². The van der Waals surface area contributed by atoms with Crippen molar-refractivity contribution in [1.29, 1.82) is 0 Å². The summed E-state index contributed by atoms with van der Waals surface area (Å²) in [6.07, 6.45) is -1.09. The number of carbonyl (C=O) groups is 2. The number of ether oxygens (including phenoxy) is 1. The number of thioether (sulfide) groups is 1. The number of anilines is 1. The van der Waals surface area contributed by atoms with Crippen LogP contribution in [0.3, 0.4) is 0 Å². The standard InChI is InChI=1S/C17H17F2NO5S/c1-9-14(7-12(8-21)24-9)16(23)25-10(2)15(22)20-11-3-5-13(6-4-11)26-17(18)19/h3-7,10,17,21H,8H2,1-2H3,(H,20,22). The van der Waals surface area contributed by atoms with Gasteiger partial charge in [-0.1, -0.05) is 11.8 Å². The minimum absolute atomic E-state index is 0.127. The number of aliphatic hydroxyl groups is 1. The van der Waals surface area contributed by atoms with E-state index in [1.165, 1.54) is 37.3 Å². The molecule has 2 aromatic rings. The summed E-state index contributed by atoms with van der Waals surface area (Å²) in [4.78, 5) is 24.6. The molecular formula is C17H17F2NO5S. The normalized spacial score (nSPS) is 12.1. The van der Waals surface area contributed by atoms with Gasteiger partial charge in [0.25, 0.3) is 11.7 Å². The smallest absolute Gasteiger partial charge is 0.342 e. The minimum Gasteiger partial charge on any atom is -0.463 e. The van der Waals surface area contributed by atoms with Crippen LogP contribution in [-0.2, 0) is 16.1 Å². The van der Waals surface area contributed by atoms with Crippen LogP contribution in [0.2, 0.25) is 0 Å². The lowest BCUT2D eigenvalue weighted by molar-refractivity contribution is -0.123. The third-order valence-corrected chi connectivity index (χ3v) is 4.07. The van der Waals surface area contributed by atoms with Gasteiger partial charge in [-0.25, -0.2) is 4.79 Å². The fourth-order valence-electron chi connectivity index (χ4n) is 2.07. The van der Waals surface area contributed by atoms with Crippen LogP contribution in [0.1, 0.15) is 28.8 Å². The van der Waals surface area contributed by atoms with Gasteiger partial charge in [-0.2, -0.15) is 8.78 Å². The molecule has 0 bridgehead atoms. The van der Waals surface area contributed by atoms with E-state index in [2.05, 4.69) is 5.32 Å². The third-order valence-electron chi connectivity index (χ3n) is 3.34. The van der Waals surface area contributed by atoms with Crippen molar-refractivity contribution in [3.63, 3.8) is 0 Å². The van der Waals surface area contributed by atoms with E-state index in [4.69, 9.17) is 14.3 Å². The number of carbonyl (C=O) groups excluding carboxylic acids is 2. The Morgan fingerprint density at radius 1 is 1.31 bits per heavy atom. The molecule has 0 saturated carbocycles. The average Bonchev–Trinajstić information content (AvgIpc) is 2.97. The fourth-order valence-corrected chi connectivity index (χ4v) is 2.56. The van der Waals surface area contributed by atoms with Gasteiger partial charge < -0.3 is 19.6 Å². The van der Waals surface area contributed by atoms with Gasteiger partial charge in [0, 0.05) is 10.6 Å². The molecule has 6 nitrogen and oxygen atoms in total. The molecule has 1 aromatic heterocycles. The summed E-state index contributed by atoms with van der Waals surface area (Å²) in [6.45, 7) is 2.58. The maximum absolute atomic E-state index is 12.3. The number of hydrogen-bond donors (Lipinski definition) is 2. The highest BCUT2D eigenvalue weighted by Crippen LogP contribution is 2.26. The number of alkyl halides is 2. The van der Waals surface area contributed by atoms with Gasteiger partial charge >= 0.3 is 5.97 Å². The van der Waals surface area contributed by atoms with E-state index in [0.29, 0.717) is 22.3 Å². The van der Waals surface area contributed by atoms with Crippen LogP contribution < -0.4 is 5.32 Å². The van der Waals surface area contributed by atoms with E-state index in [0.717, 1.165) is 0 Å². The van der Waals surface area contributed by atoms with Crippen LogP contribution in [-0.4, -0.2) is 28.8 Å². The highest BCUT2D eigenvalue weighted by atomic mass is 32.2. The summed E-state index contributed by atoms with van der Waals surface area (Å²) in [5.74, 6) is -3.35. The Labute approximate surface area is 152 Å². The Kier molecular flexibility index (Phi) is 6.76. The van der Waals surface area contributed by atoms with Crippen molar-refractivity contribution in [3.05, 3.63) is 47.4 Å². The number of halogens is 2. The van der Waals surface area contributed by atoms with Crippen LogP contribution in [0.15, 0.2) is 39.6 Å². The Morgan fingerprint density at radius 3 is 2.50 bits per heavy atom. The lowest BCUT2D eigenvalue weighted by Gasteiger charge is -2.13. The topological polar surface area (TPSA) is 88.8 Å². The molecule has 1 amide bonds. The number of furan rings is 1. The van der Waals surface area contributed by atoms with Crippen LogP contribution in [0.5, 0.6) is 0 Å². The van der Waals surface area contributed by atoms with Crippen molar-refractivity contribution < 1.29 is 32.6 Å². The predicted molar refractivity (Wildman–Crippen MR) is 91.2 cm³/mol. The van der Waals surface area contributed by atoms with Crippen molar-refractivity contribution in [1.82, 2.24) is 0 Å². The molecule has 26 heavy (non-hydrogen) atoms. The number of nitrogens with one attached hydrogen (secondary N) is 1. The summed E-state index contributed by atoms with van der Waals surface area (Å²) < 4.78 is 34.8. The SMILES string of the molecule is Cc1oc(CO)cc1C(=O)OC(C)C(=O)Nc1ccc(SC(F)F)cc1. The monoisotopic (exact) mass is 385 g/mol. The van der Waals surface area contributed by atoms with Crippen molar-refractivity contribution in [2.24, 2.45) is 0 Å². The van der Waals surface area contributed by atoms with E-state index in [1.807, 2.05) is 0 Å². The molecular weight excluding hydrogens is 368 g/mol. The first-order chi connectivity index (χ1) is 12.3. The van der Waals surface area contributed by atoms with E-state index in [1.54, 1.807) is 6.92 Å². The molecule has 0 aliphatic rings. The summed E-state index contributed by atoms with van der Waals surface area (Å²) in [5.41, 5.74) is 0.514. The molecule has 2 rings (SSSR count). The predicted octanol–water partition coefficient (Wildman–Crippen LogP) is 3.58. The quantitative estimate of drug-likeness (QED) is 0.559. The zero-order valence-electron chi connectivity index (χ0n) is 14.0. The molecule has 0 saturated heterocycles. The molecule has 0 fully saturated rings. The first-order valence-electron chi connectivity index (χ1n) is 7.57. The summed E-state index contributed by atoms with van der Waals surface area (Å²) >= 11 is 0.401. The fraction of sp³-hybridized carbons (Fsp3) is 0.294. The molecule has 1 heterocycles. The number of aliphatic hydroxyl groups excluding tert-OH is 1. The van der Waals surface area contributed by atoms with Gasteiger partial charge in [0.2, 0.25) is 0 Å². The largest absolute Gasteiger partial charge is 0.463 e. The summed E-state index contributed by atoms with van der Waals surface area (Å²) in [6, 6.07) is 7.21. The molecule has 0 radical (unpaired) electrons. The lowest BCUT2D eigenvalue weighted by atomic mass is 10.2. The number of amides is 1. The summed E-state index contributed by atoms with van der Waals surface area (Å²) in [5, 5.41) is 11.5. The molecule has 0 spiro atoms. The number of hydrogen-bond acceptors (Lipinski definition) is 6. The van der Waals surface area contributed by atoms with E-state index < -0.39 is 23.7 Å². The maximum atomic E-state index is 12.3. The van der Waals surface area contributed by atoms with Crippen LogP contribution >= 0.6 is 11.8 Å². The maximum Gasteiger partial charge on any atom is 0.342 e. The Hall–Kier alpha value is -2.39. The molecule has 1 atom stereocenters. The molecule has 0 aliphatic heterocycles. The summed E-state index contributed by atoms with van der Waals surface area (Å²) in [7, 11) is 0. The Balaban J connectivity index is 1.94. The van der Waals surface area contributed by atoms with Crippen molar-refractivity contribution >= 4 is 29.3 Å². The number of esters is 1. The molecule has 0 aliphatic carbocycles. The Morgan fingerprint density at radius 2 is 1.96 bits per heavy atom. The second-order valence-electron chi connectivity index (χ2n) is 5.28. The van der Waals surface area contributed by atoms with Crippen molar-refractivity contribution in [3.8, 4) is 0 Å². The highest BCUT2D eigenvalue weighted by Gasteiger charge is 2.22. The number of benzene rings is 1. The Bertz CT molecular complexity index is 776. The van der Waals surface area contributed by atoms with Gasteiger partial charge in [0.1, 0.15) is 23.7 Å².